The molecule has 1 fully saturated rings. The summed E-state index contributed by atoms with van der Waals surface area (Å²) in [5.74, 6) is 0.0598. The molecule has 114 valence electrons. The minimum atomic E-state index is -0.816. The minimum Gasteiger partial charge on any atom is -0.333 e. The molecular weight excluding hydrogens is 280 g/mol. The molecule has 2 rings (SSSR count). The Morgan fingerprint density at radius 1 is 1.43 bits per heavy atom. The van der Waals surface area contributed by atoms with E-state index in [0.717, 1.165) is 25.7 Å². The Labute approximate surface area is 131 Å². The molecule has 0 aromatic carbocycles. The first kappa shape index (κ1) is 16.0. The van der Waals surface area contributed by atoms with E-state index in [4.69, 9.17) is 0 Å². The van der Waals surface area contributed by atoms with Crippen LogP contribution in [0.2, 0.25) is 0 Å². The average Bonchev–Trinajstić information content (AvgIpc) is 3.20. The number of amides is 1. The molecule has 1 aliphatic rings. The monoisotopic (exact) mass is 304 g/mol. The number of carbonyl (C=O) groups excluding carboxylic acids is 1. The molecule has 3 nitrogen and oxygen atoms in total. The molecule has 0 saturated heterocycles. The fourth-order valence-electron chi connectivity index (χ4n) is 2.95. The summed E-state index contributed by atoms with van der Waals surface area (Å²) in [7, 11) is 0. The lowest BCUT2D eigenvalue weighted by Gasteiger charge is -2.32. The number of hydrogen-bond donors (Lipinski definition) is 0. The number of rotatable bonds is 8. The fourth-order valence-corrected chi connectivity index (χ4v) is 3.65. The molecule has 0 aliphatic heterocycles. The highest BCUT2D eigenvalue weighted by atomic mass is 32.1. The number of thiophene rings is 1. The van der Waals surface area contributed by atoms with Crippen molar-refractivity contribution in [2.45, 2.75) is 65.0 Å². The normalized spacial score (nSPS) is 14.7. The van der Waals surface area contributed by atoms with E-state index in [1.54, 1.807) is 11.3 Å². The van der Waals surface area contributed by atoms with Crippen LogP contribution in [0.5, 0.6) is 0 Å². The van der Waals surface area contributed by atoms with Gasteiger partial charge in [-0.3, -0.25) is 4.79 Å². The van der Waals surface area contributed by atoms with E-state index in [1.807, 2.05) is 16.3 Å². The molecule has 0 atom stereocenters. The zero-order valence-electron chi connectivity index (χ0n) is 13.0. The number of carbonyl (C=O) groups is 1. The lowest BCUT2D eigenvalue weighted by atomic mass is 9.79. The summed E-state index contributed by atoms with van der Waals surface area (Å²) in [6.07, 6.45) is 5.25. The van der Waals surface area contributed by atoms with Crippen molar-refractivity contribution in [3.63, 3.8) is 0 Å². The molecule has 1 heterocycles. The van der Waals surface area contributed by atoms with Crippen LogP contribution in [0.3, 0.4) is 0 Å². The summed E-state index contributed by atoms with van der Waals surface area (Å²) in [5, 5.41) is 11.7. The van der Waals surface area contributed by atoms with Gasteiger partial charge in [0.1, 0.15) is 5.41 Å². The highest BCUT2D eigenvalue weighted by Crippen LogP contribution is 2.37. The van der Waals surface area contributed by atoms with Gasteiger partial charge in [-0.25, -0.2) is 0 Å². The largest absolute Gasteiger partial charge is 0.333 e. The summed E-state index contributed by atoms with van der Waals surface area (Å²) < 4.78 is 0. The molecule has 1 amide bonds. The zero-order valence-corrected chi connectivity index (χ0v) is 13.8. The molecule has 1 saturated carbocycles. The number of nitrogens with zero attached hydrogens (tertiary/aromatic N) is 2. The Morgan fingerprint density at radius 2 is 2.10 bits per heavy atom. The van der Waals surface area contributed by atoms with E-state index in [0.29, 0.717) is 25.4 Å². The van der Waals surface area contributed by atoms with Crippen molar-refractivity contribution in [1.29, 1.82) is 5.26 Å². The van der Waals surface area contributed by atoms with Crippen molar-refractivity contribution in [2.24, 2.45) is 5.41 Å². The first-order valence-corrected chi connectivity index (χ1v) is 8.79. The smallest absolute Gasteiger partial charge is 0.243 e. The van der Waals surface area contributed by atoms with Gasteiger partial charge < -0.3 is 4.90 Å². The van der Waals surface area contributed by atoms with Crippen LogP contribution in [0.15, 0.2) is 17.5 Å². The Hall–Kier alpha value is -1.34. The molecule has 1 aromatic rings. The lowest BCUT2D eigenvalue weighted by molar-refractivity contribution is -0.141. The van der Waals surface area contributed by atoms with Gasteiger partial charge in [0.2, 0.25) is 5.91 Å². The van der Waals surface area contributed by atoms with Gasteiger partial charge in [0.25, 0.3) is 0 Å². The maximum atomic E-state index is 13.1. The minimum absolute atomic E-state index is 0.0598. The molecule has 1 aromatic heterocycles. The van der Waals surface area contributed by atoms with Crippen LogP contribution in [-0.4, -0.2) is 16.8 Å². The van der Waals surface area contributed by atoms with E-state index in [-0.39, 0.29) is 5.91 Å². The topological polar surface area (TPSA) is 44.1 Å². The van der Waals surface area contributed by atoms with Crippen molar-refractivity contribution in [2.75, 3.05) is 0 Å². The lowest BCUT2D eigenvalue weighted by Crippen LogP contribution is -2.44. The van der Waals surface area contributed by atoms with Crippen molar-refractivity contribution in [1.82, 2.24) is 4.90 Å². The van der Waals surface area contributed by atoms with Crippen molar-refractivity contribution in [3.8, 4) is 6.07 Å². The Morgan fingerprint density at radius 3 is 2.52 bits per heavy atom. The quantitative estimate of drug-likeness (QED) is 0.716. The summed E-state index contributed by atoms with van der Waals surface area (Å²) in [4.78, 5) is 16.3. The summed E-state index contributed by atoms with van der Waals surface area (Å²) in [5.41, 5.74) is -0.816. The van der Waals surface area contributed by atoms with Gasteiger partial charge in [0, 0.05) is 10.9 Å². The molecule has 0 unspecified atom stereocenters. The SMILES string of the molecule is CCCC(C#N)(CCC)C(=O)N(Cc1cccs1)C1CC1. The Bertz CT molecular complexity index is 493. The maximum absolute atomic E-state index is 13.1. The molecule has 21 heavy (non-hydrogen) atoms. The van der Waals surface area contributed by atoms with Crippen LogP contribution < -0.4 is 0 Å². The number of nitriles is 1. The van der Waals surface area contributed by atoms with Gasteiger partial charge in [-0.05, 0) is 37.1 Å². The van der Waals surface area contributed by atoms with Crippen LogP contribution in [0.25, 0.3) is 0 Å². The molecule has 1 aliphatic carbocycles. The summed E-state index contributed by atoms with van der Waals surface area (Å²) in [6, 6.07) is 6.81. The second kappa shape index (κ2) is 7.09. The predicted octanol–water partition coefficient (Wildman–Crippen LogP) is 4.35. The van der Waals surface area contributed by atoms with Crippen LogP contribution in [0, 0.1) is 16.7 Å². The maximum Gasteiger partial charge on any atom is 0.243 e. The molecule has 0 spiro atoms. The van der Waals surface area contributed by atoms with Crippen molar-refractivity contribution < 1.29 is 4.79 Å². The third-order valence-electron chi connectivity index (χ3n) is 4.13. The van der Waals surface area contributed by atoms with Crippen LogP contribution >= 0.6 is 11.3 Å². The molecule has 0 N–H and O–H groups in total. The van der Waals surface area contributed by atoms with Crippen molar-refractivity contribution >= 4 is 17.2 Å². The first-order valence-electron chi connectivity index (χ1n) is 7.91. The zero-order chi connectivity index (χ0) is 15.3. The molecule has 0 radical (unpaired) electrons. The average molecular weight is 304 g/mol. The Balaban J connectivity index is 2.21. The number of hydrogen-bond acceptors (Lipinski definition) is 3. The third-order valence-corrected chi connectivity index (χ3v) is 4.99. The Kier molecular flexibility index (Phi) is 5.41. The van der Waals surface area contributed by atoms with Crippen molar-refractivity contribution in [3.05, 3.63) is 22.4 Å². The molecule has 4 heteroatoms. The van der Waals surface area contributed by atoms with Gasteiger partial charge >= 0.3 is 0 Å². The highest BCUT2D eigenvalue weighted by molar-refractivity contribution is 7.09. The standard InChI is InChI=1S/C17H24N2OS/c1-3-9-17(13-18,10-4-2)16(20)19(14-7-8-14)12-15-6-5-11-21-15/h5-6,11,14H,3-4,7-10,12H2,1-2H3. The summed E-state index contributed by atoms with van der Waals surface area (Å²) in [6.45, 7) is 4.77. The van der Waals surface area contributed by atoms with Gasteiger partial charge in [0.05, 0.1) is 12.6 Å². The molecule has 0 bridgehead atoms. The fraction of sp³-hybridized carbons (Fsp3) is 0.647. The second-order valence-corrected chi connectivity index (χ2v) is 6.97. The first-order chi connectivity index (χ1) is 10.2. The van der Waals surface area contributed by atoms with E-state index < -0.39 is 5.41 Å². The van der Waals surface area contributed by atoms with Gasteiger partial charge in [0.15, 0.2) is 0 Å². The highest BCUT2D eigenvalue weighted by Gasteiger charge is 2.44. The van der Waals surface area contributed by atoms with E-state index in [1.165, 1.54) is 4.88 Å². The van der Waals surface area contributed by atoms with Gasteiger partial charge in [-0.1, -0.05) is 32.8 Å². The van der Waals surface area contributed by atoms with Crippen LogP contribution in [0.4, 0.5) is 0 Å². The second-order valence-electron chi connectivity index (χ2n) is 5.94. The predicted molar refractivity (Wildman–Crippen MR) is 85.8 cm³/mol. The van der Waals surface area contributed by atoms with Crippen LogP contribution in [0.1, 0.15) is 57.2 Å². The van der Waals surface area contributed by atoms with E-state index >= 15 is 0 Å². The molecular formula is C17H24N2OS. The van der Waals surface area contributed by atoms with Crippen LogP contribution in [-0.2, 0) is 11.3 Å². The summed E-state index contributed by atoms with van der Waals surface area (Å²) >= 11 is 1.68. The van der Waals surface area contributed by atoms with E-state index in [2.05, 4.69) is 26.0 Å². The third kappa shape index (κ3) is 3.65. The van der Waals surface area contributed by atoms with E-state index in [9.17, 15) is 10.1 Å². The van der Waals surface area contributed by atoms with Gasteiger partial charge in [-0.15, -0.1) is 11.3 Å². The van der Waals surface area contributed by atoms with Gasteiger partial charge in [-0.2, -0.15) is 5.26 Å².